The molecule has 196 valence electrons. The molecule has 7 heteroatoms. The molecule has 1 aliphatic heterocycles. The number of fused-ring (bicyclic) bond motifs is 2. The van der Waals surface area contributed by atoms with E-state index in [9.17, 15) is 9.59 Å². The first-order valence-corrected chi connectivity index (χ1v) is 13.5. The molecule has 1 aromatic heterocycles. The van der Waals surface area contributed by atoms with Crippen LogP contribution in [0.4, 0.5) is 0 Å². The number of hydrogen-bond acceptors (Lipinski definition) is 5. The van der Waals surface area contributed by atoms with Gasteiger partial charge in [-0.1, -0.05) is 60.7 Å². The van der Waals surface area contributed by atoms with Crippen LogP contribution in [-0.4, -0.2) is 22.7 Å². The normalized spacial score (nSPS) is 16.2. The predicted molar refractivity (Wildman–Crippen MR) is 152 cm³/mol. The summed E-state index contributed by atoms with van der Waals surface area (Å²) in [5, 5.41) is 3.25. The number of para-hydroxylation sites is 1. The van der Waals surface area contributed by atoms with Gasteiger partial charge in [-0.25, -0.2) is 0 Å². The van der Waals surface area contributed by atoms with Crippen molar-refractivity contribution in [2.75, 3.05) is 0 Å². The molecule has 6 nitrogen and oxygen atoms in total. The van der Waals surface area contributed by atoms with E-state index in [1.807, 2.05) is 60.8 Å². The van der Waals surface area contributed by atoms with E-state index in [2.05, 4.69) is 51.2 Å². The number of hydrogen-bond donors (Lipinski definition) is 1. The molecule has 6 rings (SSSR count). The molecule has 1 atom stereocenters. The van der Waals surface area contributed by atoms with Crippen LogP contribution in [0.2, 0.25) is 0 Å². The maximum Gasteiger partial charge on any atom is 0.324 e. The summed E-state index contributed by atoms with van der Waals surface area (Å²) in [5.74, 6) is -3.68. The molecule has 0 bridgehead atoms. The van der Waals surface area contributed by atoms with Crippen LogP contribution < -0.4 is 4.74 Å². The molecule has 1 aliphatic rings. The Hall–Kier alpha value is -4.10. The molecule has 0 unspecified atom stereocenters. The number of rotatable bonds is 6. The maximum atomic E-state index is 13.2. The first-order valence-electron chi connectivity index (χ1n) is 12.7. The van der Waals surface area contributed by atoms with Crippen LogP contribution in [-0.2, 0) is 25.7 Å². The van der Waals surface area contributed by atoms with Crippen LogP contribution in [0.25, 0.3) is 21.7 Å². The Labute approximate surface area is 234 Å². The minimum absolute atomic E-state index is 0.394. The van der Waals surface area contributed by atoms with E-state index < -0.39 is 29.6 Å². The summed E-state index contributed by atoms with van der Waals surface area (Å²) in [5.41, 5.74) is 3.52. The Kier molecular flexibility index (Phi) is 6.39. The molecule has 39 heavy (non-hydrogen) atoms. The van der Waals surface area contributed by atoms with Gasteiger partial charge in [-0.05, 0) is 67.7 Å². The Morgan fingerprint density at radius 2 is 1.62 bits per heavy atom. The zero-order valence-electron chi connectivity index (χ0n) is 21.4. The Bertz CT molecular complexity index is 1700. The molecule has 2 heterocycles. The summed E-state index contributed by atoms with van der Waals surface area (Å²) in [7, 11) is 0. The number of cyclic esters (lactones) is 2. The fourth-order valence-electron chi connectivity index (χ4n) is 5.22. The lowest BCUT2D eigenvalue weighted by Crippen LogP contribution is -2.48. The first-order chi connectivity index (χ1) is 18.8. The molecular formula is C32H26BrNO5. The van der Waals surface area contributed by atoms with Crippen molar-refractivity contribution in [3.05, 3.63) is 112 Å². The molecule has 4 aromatic carbocycles. The van der Waals surface area contributed by atoms with E-state index in [1.54, 1.807) is 13.8 Å². The minimum atomic E-state index is -1.31. The molecule has 0 spiro atoms. The molecule has 0 radical (unpaired) electrons. The average molecular weight is 584 g/mol. The van der Waals surface area contributed by atoms with Gasteiger partial charge in [0.25, 0.3) is 5.79 Å². The molecule has 0 saturated carbocycles. The molecular weight excluding hydrogens is 558 g/mol. The zero-order valence-corrected chi connectivity index (χ0v) is 23.0. The number of nitrogens with one attached hydrogen (secondary N) is 1. The monoisotopic (exact) mass is 583 g/mol. The van der Waals surface area contributed by atoms with Gasteiger partial charge in [-0.3, -0.25) is 9.59 Å². The number of carbonyl (C=O) groups is 2. The topological polar surface area (TPSA) is 77.6 Å². The quantitative estimate of drug-likeness (QED) is 0.168. The van der Waals surface area contributed by atoms with Crippen LogP contribution in [0.3, 0.4) is 0 Å². The molecule has 5 aromatic rings. The summed E-state index contributed by atoms with van der Waals surface area (Å²) in [4.78, 5) is 29.7. The summed E-state index contributed by atoms with van der Waals surface area (Å²) >= 11 is 3.65. The molecule has 1 N–H and O–H groups in total. The molecule has 0 aliphatic carbocycles. The molecule has 0 amide bonds. The smallest absolute Gasteiger partial charge is 0.324 e. The van der Waals surface area contributed by atoms with Gasteiger partial charge in [-0.2, -0.15) is 0 Å². The number of H-pyrrole nitrogens is 1. The van der Waals surface area contributed by atoms with Gasteiger partial charge < -0.3 is 19.2 Å². The third-order valence-electron chi connectivity index (χ3n) is 7.01. The lowest BCUT2D eigenvalue weighted by molar-refractivity contribution is -0.240. The van der Waals surface area contributed by atoms with Gasteiger partial charge in [0.05, 0.1) is 4.47 Å². The largest absolute Gasteiger partial charge is 0.488 e. The lowest BCUT2D eigenvalue weighted by Gasteiger charge is -2.36. The third-order valence-corrected chi connectivity index (χ3v) is 7.63. The fraction of sp³-hybridized carbons (Fsp3) is 0.188. The number of aromatic nitrogens is 1. The van der Waals surface area contributed by atoms with Gasteiger partial charge in [0.15, 0.2) is 5.92 Å². The second-order valence-electron chi connectivity index (χ2n) is 10.1. The van der Waals surface area contributed by atoms with Crippen LogP contribution in [0.5, 0.6) is 5.75 Å². The highest BCUT2D eigenvalue weighted by molar-refractivity contribution is 9.10. The van der Waals surface area contributed by atoms with Crippen molar-refractivity contribution in [3.63, 3.8) is 0 Å². The molecule has 1 fully saturated rings. The number of esters is 2. The van der Waals surface area contributed by atoms with E-state index in [0.717, 1.165) is 33.0 Å². The summed E-state index contributed by atoms with van der Waals surface area (Å²) in [6, 6.07) is 27.9. The summed E-state index contributed by atoms with van der Waals surface area (Å²) < 4.78 is 17.9. The van der Waals surface area contributed by atoms with Gasteiger partial charge in [0, 0.05) is 36.9 Å². The Balaban J connectivity index is 1.34. The number of carbonyl (C=O) groups excluding carboxylic acids is 2. The number of ether oxygens (including phenoxy) is 3. The minimum Gasteiger partial charge on any atom is -0.488 e. The summed E-state index contributed by atoms with van der Waals surface area (Å²) in [6.45, 7) is 3.50. The van der Waals surface area contributed by atoms with Crippen molar-refractivity contribution in [1.82, 2.24) is 4.98 Å². The second-order valence-corrected chi connectivity index (χ2v) is 11.0. The van der Waals surface area contributed by atoms with Crippen LogP contribution in [0, 0.1) is 5.92 Å². The highest BCUT2D eigenvalue weighted by Crippen LogP contribution is 2.42. The highest BCUT2D eigenvalue weighted by atomic mass is 79.9. The van der Waals surface area contributed by atoms with E-state index in [-0.39, 0.29) is 0 Å². The summed E-state index contributed by atoms with van der Waals surface area (Å²) in [6.07, 6.45) is 1.84. The third kappa shape index (κ3) is 4.90. The Morgan fingerprint density at radius 3 is 2.38 bits per heavy atom. The van der Waals surface area contributed by atoms with E-state index in [0.29, 0.717) is 16.8 Å². The Morgan fingerprint density at radius 1 is 0.897 bits per heavy atom. The SMILES string of the molecule is CC1(C)OC(=O)C([C@H](c2ccc(OCc3ccc4ccccc4c3)c(Br)c2)c2c[nH]c3ccccc23)C(=O)O1. The highest BCUT2D eigenvalue weighted by Gasteiger charge is 2.48. The van der Waals surface area contributed by atoms with Gasteiger partial charge in [-0.15, -0.1) is 0 Å². The van der Waals surface area contributed by atoms with Crippen molar-refractivity contribution in [1.29, 1.82) is 0 Å². The number of aromatic amines is 1. The van der Waals surface area contributed by atoms with Crippen molar-refractivity contribution < 1.29 is 23.8 Å². The maximum absolute atomic E-state index is 13.2. The van der Waals surface area contributed by atoms with Crippen molar-refractivity contribution >= 4 is 49.5 Å². The van der Waals surface area contributed by atoms with Crippen LogP contribution >= 0.6 is 15.9 Å². The number of halogens is 1. The van der Waals surface area contributed by atoms with Gasteiger partial charge in [0.2, 0.25) is 0 Å². The van der Waals surface area contributed by atoms with Crippen LogP contribution in [0.1, 0.15) is 36.5 Å². The van der Waals surface area contributed by atoms with Gasteiger partial charge >= 0.3 is 11.9 Å². The van der Waals surface area contributed by atoms with Gasteiger partial charge in [0.1, 0.15) is 12.4 Å². The average Bonchev–Trinajstić information content (AvgIpc) is 3.33. The second kappa shape index (κ2) is 9.89. The van der Waals surface area contributed by atoms with E-state index in [1.165, 1.54) is 5.39 Å². The standard InChI is InChI=1S/C32H26BrNO5/c1-32(2)38-30(35)29(31(36)39-32)28(24-17-34-26-10-6-5-9-23(24)26)22-13-14-27(25(33)16-22)37-18-19-11-12-20-7-3-4-8-21(20)15-19/h3-17,28-29,34H,18H2,1-2H3/t28-/m1/s1. The van der Waals surface area contributed by atoms with E-state index in [4.69, 9.17) is 14.2 Å². The van der Waals surface area contributed by atoms with Crippen molar-refractivity contribution in [2.45, 2.75) is 32.2 Å². The van der Waals surface area contributed by atoms with Crippen molar-refractivity contribution in [2.24, 2.45) is 5.92 Å². The first kappa shape index (κ1) is 25.2. The van der Waals surface area contributed by atoms with Crippen molar-refractivity contribution in [3.8, 4) is 5.75 Å². The fourth-order valence-corrected chi connectivity index (χ4v) is 5.73. The predicted octanol–water partition coefficient (Wildman–Crippen LogP) is 7.25. The molecule has 1 saturated heterocycles. The lowest BCUT2D eigenvalue weighted by atomic mass is 9.80. The number of benzene rings is 4. The van der Waals surface area contributed by atoms with Crippen LogP contribution in [0.15, 0.2) is 95.6 Å². The van der Waals surface area contributed by atoms with E-state index >= 15 is 0 Å². The zero-order chi connectivity index (χ0) is 27.1.